The van der Waals surface area contributed by atoms with E-state index in [0.717, 1.165) is 23.0 Å². The number of ether oxygens (including phenoxy) is 1. The van der Waals surface area contributed by atoms with Crippen LogP contribution in [0.1, 0.15) is 16.6 Å². The van der Waals surface area contributed by atoms with Crippen LogP contribution in [0, 0.1) is 0 Å². The van der Waals surface area contributed by atoms with E-state index in [1.165, 1.54) is 0 Å². The highest BCUT2D eigenvalue weighted by molar-refractivity contribution is 7.18. The number of hydrogen-bond donors (Lipinski definition) is 1. The molecule has 0 aliphatic carbocycles. The van der Waals surface area contributed by atoms with Crippen LogP contribution in [0.15, 0.2) is 43.0 Å². The number of amides is 1. The van der Waals surface area contributed by atoms with Gasteiger partial charge in [-0.15, -0.1) is 0 Å². The first-order valence-electron chi connectivity index (χ1n) is 6.32. The number of rotatable bonds is 5. The lowest BCUT2D eigenvalue weighted by Gasteiger charge is -2.01. The molecule has 0 saturated heterocycles. The van der Waals surface area contributed by atoms with E-state index in [-0.39, 0.29) is 12.5 Å². The van der Waals surface area contributed by atoms with Crippen molar-refractivity contribution in [2.24, 2.45) is 0 Å². The van der Waals surface area contributed by atoms with Crippen molar-refractivity contribution in [1.82, 2.24) is 4.98 Å². The smallest absolute Gasteiger partial charge is 0.350 e. The third-order valence-electron chi connectivity index (χ3n) is 2.55. The van der Waals surface area contributed by atoms with Crippen LogP contribution >= 0.6 is 11.3 Å². The van der Waals surface area contributed by atoms with E-state index in [2.05, 4.69) is 16.9 Å². The number of carbonyl (C=O) groups excluding carboxylic acids is 2. The van der Waals surface area contributed by atoms with Crippen LogP contribution in [0.5, 0.6) is 0 Å². The van der Waals surface area contributed by atoms with Gasteiger partial charge in [-0.25, -0.2) is 9.78 Å². The predicted octanol–water partition coefficient (Wildman–Crippen LogP) is 3.11. The molecular weight excluding hydrogens is 288 g/mol. The fraction of sp³-hybridized carbons (Fsp3) is 0.133. The summed E-state index contributed by atoms with van der Waals surface area (Å²) in [6, 6.07) is 9.27. The van der Waals surface area contributed by atoms with Gasteiger partial charge in [-0.1, -0.05) is 48.2 Å². The lowest BCUT2D eigenvalue weighted by Crippen LogP contribution is -2.06. The minimum absolute atomic E-state index is 0.277. The quantitative estimate of drug-likeness (QED) is 0.680. The van der Waals surface area contributed by atoms with Crippen LogP contribution in [0.3, 0.4) is 0 Å². The second-order valence-corrected chi connectivity index (χ2v) is 4.98. The van der Waals surface area contributed by atoms with Gasteiger partial charge in [0, 0.05) is 5.56 Å². The third-order valence-corrected chi connectivity index (χ3v) is 3.50. The van der Waals surface area contributed by atoms with Crippen LogP contribution in [0.4, 0.5) is 5.13 Å². The molecular formula is C15H14N2O3S. The minimum atomic E-state index is -0.451. The number of esters is 1. The Kier molecular flexibility index (Phi) is 4.84. The first kappa shape index (κ1) is 14.9. The van der Waals surface area contributed by atoms with Gasteiger partial charge >= 0.3 is 5.97 Å². The van der Waals surface area contributed by atoms with E-state index >= 15 is 0 Å². The summed E-state index contributed by atoms with van der Waals surface area (Å²) >= 11 is 1.08. The van der Waals surface area contributed by atoms with Gasteiger partial charge < -0.3 is 4.74 Å². The number of anilines is 1. The molecule has 2 aromatic rings. The van der Waals surface area contributed by atoms with Gasteiger partial charge in [0.2, 0.25) is 5.91 Å². The zero-order valence-electron chi connectivity index (χ0n) is 11.5. The highest BCUT2D eigenvalue weighted by Crippen LogP contribution is 2.31. The second kappa shape index (κ2) is 6.81. The van der Waals surface area contributed by atoms with Crippen molar-refractivity contribution in [3.05, 3.63) is 47.9 Å². The van der Waals surface area contributed by atoms with E-state index in [4.69, 9.17) is 4.74 Å². The van der Waals surface area contributed by atoms with Crippen molar-refractivity contribution in [1.29, 1.82) is 0 Å². The Labute approximate surface area is 126 Å². The van der Waals surface area contributed by atoms with Gasteiger partial charge in [-0.05, 0) is 13.0 Å². The molecule has 0 bridgehead atoms. The molecule has 21 heavy (non-hydrogen) atoms. The van der Waals surface area contributed by atoms with Gasteiger partial charge in [0.1, 0.15) is 4.88 Å². The van der Waals surface area contributed by atoms with Crippen molar-refractivity contribution in [2.45, 2.75) is 6.92 Å². The normalized spacial score (nSPS) is 9.95. The summed E-state index contributed by atoms with van der Waals surface area (Å²) in [5.41, 5.74) is 1.29. The lowest BCUT2D eigenvalue weighted by atomic mass is 10.1. The number of hydrogen-bond acceptors (Lipinski definition) is 5. The molecule has 1 heterocycles. The molecule has 5 nitrogen and oxygen atoms in total. The van der Waals surface area contributed by atoms with Crippen LogP contribution in [-0.4, -0.2) is 23.5 Å². The van der Waals surface area contributed by atoms with Crippen molar-refractivity contribution >= 4 is 28.3 Å². The van der Waals surface area contributed by atoms with Crippen LogP contribution in [0.2, 0.25) is 0 Å². The SMILES string of the molecule is C=CC(=O)Nc1nc(-c2ccccc2)c(C(=O)OCC)s1. The summed E-state index contributed by atoms with van der Waals surface area (Å²) in [7, 11) is 0. The molecule has 0 atom stereocenters. The molecule has 1 aromatic heterocycles. The van der Waals surface area contributed by atoms with Crippen molar-refractivity contribution in [3.63, 3.8) is 0 Å². The topological polar surface area (TPSA) is 68.3 Å². The van der Waals surface area contributed by atoms with E-state index < -0.39 is 5.97 Å². The zero-order chi connectivity index (χ0) is 15.2. The Bertz CT molecular complexity index is 665. The maximum absolute atomic E-state index is 12.0. The number of thiazole rings is 1. The van der Waals surface area contributed by atoms with Crippen LogP contribution in [-0.2, 0) is 9.53 Å². The molecule has 0 spiro atoms. The van der Waals surface area contributed by atoms with E-state index in [1.54, 1.807) is 6.92 Å². The summed E-state index contributed by atoms with van der Waals surface area (Å²) in [6.45, 7) is 5.40. The minimum Gasteiger partial charge on any atom is -0.462 e. The number of nitrogens with zero attached hydrogens (tertiary/aromatic N) is 1. The van der Waals surface area contributed by atoms with Crippen LogP contribution < -0.4 is 5.32 Å². The highest BCUT2D eigenvalue weighted by atomic mass is 32.1. The first-order chi connectivity index (χ1) is 10.2. The Balaban J connectivity index is 2.43. The lowest BCUT2D eigenvalue weighted by molar-refractivity contribution is -0.111. The maximum atomic E-state index is 12.0. The molecule has 0 fully saturated rings. The van der Waals surface area contributed by atoms with Crippen molar-refractivity contribution in [3.8, 4) is 11.3 Å². The van der Waals surface area contributed by atoms with Gasteiger partial charge in [-0.3, -0.25) is 10.1 Å². The molecule has 2 rings (SSSR count). The average Bonchev–Trinajstić information content (AvgIpc) is 2.92. The molecule has 6 heteroatoms. The molecule has 0 aliphatic rings. The van der Waals surface area contributed by atoms with E-state index in [9.17, 15) is 9.59 Å². The summed E-state index contributed by atoms with van der Waals surface area (Å²) < 4.78 is 5.03. The first-order valence-corrected chi connectivity index (χ1v) is 7.14. The molecule has 1 aromatic carbocycles. The molecule has 0 radical (unpaired) electrons. The van der Waals surface area contributed by atoms with Crippen molar-refractivity contribution in [2.75, 3.05) is 11.9 Å². The van der Waals surface area contributed by atoms with Gasteiger partial charge in [-0.2, -0.15) is 0 Å². The summed E-state index contributed by atoms with van der Waals surface area (Å²) in [4.78, 5) is 28.1. The van der Waals surface area contributed by atoms with Gasteiger partial charge in [0.25, 0.3) is 0 Å². The fourth-order valence-electron chi connectivity index (χ4n) is 1.66. The van der Waals surface area contributed by atoms with Gasteiger partial charge in [0.15, 0.2) is 5.13 Å². The molecule has 108 valence electrons. The molecule has 1 amide bonds. The Morgan fingerprint density at radius 3 is 2.71 bits per heavy atom. The number of nitrogens with one attached hydrogen (secondary N) is 1. The predicted molar refractivity (Wildman–Crippen MR) is 82.3 cm³/mol. The average molecular weight is 302 g/mol. The van der Waals surface area contributed by atoms with E-state index in [0.29, 0.717) is 15.7 Å². The molecule has 0 unspecified atom stereocenters. The monoisotopic (exact) mass is 302 g/mol. The second-order valence-electron chi connectivity index (χ2n) is 3.98. The Morgan fingerprint density at radius 1 is 1.38 bits per heavy atom. The standard InChI is InChI=1S/C15H14N2O3S/c1-3-11(18)16-15-17-12(10-8-6-5-7-9-10)13(21-15)14(19)20-4-2/h3,5-9H,1,4H2,2H3,(H,16,17,18). The number of benzene rings is 1. The maximum Gasteiger partial charge on any atom is 0.350 e. The summed E-state index contributed by atoms with van der Waals surface area (Å²) in [5.74, 6) is -0.827. The molecule has 0 saturated carbocycles. The highest BCUT2D eigenvalue weighted by Gasteiger charge is 2.21. The van der Waals surface area contributed by atoms with E-state index in [1.807, 2.05) is 30.3 Å². The number of aromatic nitrogens is 1. The Hall–Kier alpha value is -2.47. The summed E-state index contributed by atoms with van der Waals surface area (Å²) in [6.07, 6.45) is 1.15. The molecule has 1 N–H and O–H groups in total. The number of carbonyl (C=O) groups is 2. The van der Waals surface area contributed by atoms with Gasteiger partial charge in [0.05, 0.1) is 12.3 Å². The largest absolute Gasteiger partial charge is 0.462 e. The fourth-order valence-corrected chi connectivity index (χ4v) is 2.54. The summed E-state index contributed by atoms with van der Waals surface area (Å²) in [5, 5.41) is 2.90. The third kappa shape index (κ3) is 3.55. The van der Waals surface area contributed by atoms with Crippen LogP contribution in [0.25, 0.3) is 11.3 Å². The Morgan fingerprint density at radius 2 is 2.10 bits per heavy atom. The zero-order valence-corrected chi connectivity index (χ0v) is 12.3. The van der Waals surface area contributed by atoms with Crippen molar-refractivity contribution < 1.29 is 14.3 Å². The molecule has 0 aliphatic heterocycles.